The molecule has 0 unspecified atom stereocenters. The molecule has 3 heterocycles. The van der Waals surface area contributed by atoms with Gasteiger partial charge in [-0.25, -0.2) is 8.42 Å². The van der Waals surface area contributed by atoms with Crippen LogP contribution in [0.2, 0.25) is 0 Å². The minimum atomic E-state index is -3.58. The molecule has 0 aliphatic carbocycles. The van der Waals surface area contributed by atoms with E-state index in [0.29, 0.717) is 43.4 Å². The molecular weight excluding hydrogens is 428 g/mol. The highest BCUT2D eigenvalue weighted by molar-refractivity contribution is 7.89. The summed E-state index contributed by atoms with van der Waals surface area (Å²) in [5.41, 5.74) is 1.85. The van der Waals surface area contributed by atoms with Crippen molar-refractivity contribution in [3.8, 4) is 12.0 Å². The molecule has 0 saturated carbocycles. The molecular formula is C23H24N4O4S. The Morgan fingerprint density at radius 2 is 1.91 bits per heavy atom. The third kappa shape index (κ3) is 3.42. The molecule has 32 heavy (non-hydrogen) atoms. The number of hydrogen-bond acceptors (Lipinski definition) is 5. The van der Waals surface area contributed by atoms with Crippen LogP contribution in [0.15, 0.2) is 52.0 Å². The summed E-state index contributed by atoms with van der Waals surface area (Å²) in [6, 6.07) is 10.6. The zero-order chi connectivity index (χ0) is 23.0. The summed E-state index contributed by atoms with van der Waals surface area (Å²) in [4.78, 5) is 15.3. The summed E-state index contributed by atoms with van der Waals surface area (Å²) in [5.74, 6) is 0.335. The number of nitrogens with zero attached hydrogens (tertiary/aromatic N) is 4. The van der Waals surface area contributed by atoms with E-state index >= 15 is 0 Å². The largest absolute Gasteiger partial charge is 0.443 e. The lowest BCUT2D eigenvalue weighted by Crippen LogP contribution is -2.31. The molecule has 1 aliphatic heterocycles. The number of fused-ring (bicyclic) bond motifs is 1. The topological polar surface area (TPSA) is 99.6 Å². The van der Waals surface area contributed by atoms with Crippen LogP contribution in [0.5, 0.6) is 0 Å². The van der Waals surface area contributed by atoms with E-state index in [4.69, 9.17) is 4.42 Å². The van der Waals surface area contributed by atoms with Gasteiger partial charge in [0.15, 0.2) is 0 Å². The lowest BCUT2D eigenvalue weighted by molar-refractivity contribution is 0.0987. The Bertz CT molecular complexity index is 1310. The molecule has 0 N–H and O–H groups in total. The normalized spacial score (nSPS) is 13.4. The number of carbonyl (C=O) groups excluding carboxylic acids is 1. The molecule has 0 radical (unpaired) electrons. The molecule has 4 rings (SSSR count). The summed E-state index contributed by atoms with van der Waals surface area (Å²) in [6.45, 7) is 6.45. The molecule has 3 aromatic rings. The van der Waals surface area contributed by atoms with Crippen molar-refractivity contribution in [3.05, 3.63) is 65.2 Å². The van der Waals surface area contributed by atoms with Crippen molar-refractivity contribution in [1.29, 1.82) is 5.26 Å². The Balaban J connectivity index is 1.71. The highest BCUT2D eigenvalue weighted by Crippen LogP contribution is 2.34. The van der Waals surface area contributed by atoms with Gasteiger partial charge in [-0.2, -0.15) is 9.57 Å². The van der Waals surface area contributed by atoms with Crippen molar-refractivity contribution in [2.75, 3.05) is 24.5 Å². The smallest absolute Gasteiger partial charge is 0.263 e. The van der Waals surface area contributed by atoms with E-state index in [-0.39, 0.29) is 21.9 Å². The molecule has 0 saturated heterocycles. The predicted molar refractivity (Wildman–Crippen MR) is 119 cm³/mol. The van der Waals surface area contributed by atoms with E-state index in [0.717, 1.165) is 5.56 Å². The average Bonchev–Trinajstić information content (AvgIpc) is 3.51. The summed E-state index contributed by atoms with van der Waals surface area (Å²) in [6.07, 6.45) is 4.03. The number of rotatable bonds is 6. The molecule has 0 fully saturated rings. The number of anilines is 1. The van der Waals surface area contributed by atoms with Crippen LogP contribution in [0.1, 0.15) is 41.1 Å². The minimum Gasteiger partial charge on any atom is -0.443 e. The van der Waals surface area contributed by atoms with Crippen LogP contribution in [0.4, 0.5) is 5.69 Å². The monoisotopic (exact) mass is 452 g/mol. The average molecular weight is 453 g/mol. The Morgan fingerprint density at radius 3 is 2.53 bits per heavy atom. The van der Waals surface area contributed by atoms with Crippen molar-refractivity contribution < 1.29 is 17.6 Å². The Morgan fingerprint density at radius 1 is 1.22 bits per heavy atom. The van der Waals surface area contributed by atoms with Crippen LogP contribution in [-0.2, 0) is 16.4 Å². The number of sulfonamides is 1. The fraction of sp³-hybridized carbons (Fsp3) is 0.304. The highest BCUT2D eigenvalue weighted by Gasteiger charge is 2.33. The fourth-order valence-electron chi connectivity index (χ4n) is 4.14. The van der Waals surface area contributed by atoms with Crippen molar-refractivity contribution in [3.63, 3.8) is 0 Å². The van der Waals surface area contributed by atoms with Gasteiger partial charge >= 0.3 is 0 Å². The number of aryl methyl sites for hydroxylation is 1. The molecule has 0 spiro atoms. The second-order valence-corrected chi connectivity index (χ2v) is 9.44. The number of nitriles is 1. The van der Waals surface area contributed by atoms with Crippen molar-refractivity contribution in [2.24, 2.45) is 0 Å². The molecule has 166 valence electrons. The first-order valence-electron chi connectivity index (χ1n) is 10.4. The van der Waals surface area contributed by atoms with Gasteiger partial charge in [-0.15, -0.1) is 0 Å². The summed E-state index contributed by atoms with van der Waals surface area (Å²) >= 11 is 0. The van der Waals surface area contributed by atoms with E-state index in [1.807, 2.05) is 0 Å². The Kier molecular flexibility index (Phi) is 5.67. The zero-order valence-corrected chi connectivity index (χ0v) is 19.0. The standard InChI is InChI=1S/C23H24N4O4S/c1-4-26(5-2)32(29,30)18-8-9-20-17(14-18)10-13-27(20)22(28)21-16(3)31-23(19(21)15-24)25-11-6-7-12-25/h6-9,11-12,14H,4-5,10,13H2,1-3H3. The SMILES string of the molecule is CCN(CC)S(=O)(=O)c1ccc2c(c1)CCN2C(=O)c1c(C)oc(-n2cccc2)c1C#N. The van der Waals surface area contributed by atoms with Crippen LogP contribution >= 0.6 is 0 Å². The number of amides is 1. The summed E-state index contributed by atoms with van der Waals surface area (Å²) in [7, 11) is -3.58. The fourth-order valence-corrected chi connectivity index (χ4v) is 5.65. The van der Waals surface area contributed by atoms with Gasteiger partial charge in [-0.1, -0.05) is 13.8 Å². The molecule has 0 atom stereocenters. The van der Waals surface area contributed by atoms with Crippen LogP contribution in [0.25, 0.3) is 5.88 Å². The van der Waals surface area contributed by atoms with Gasteiger partial charge in [0, 0.05) is 37.7 Å². The van der Waals surface area contributed by atoms with E-state index in [1.165, 1.54) is 10.4 Å². The van der Waals surface area contributed by atoms with Crippen LogP contribution in [0.3, 0.4) is 0 Å². The van der Waals surface area contributed by atoms with Crippen LogP contribution in [0, 0.1) is 18.3 Å². The quantitative estimate of drug-likeness (QED) is 0.570. The van der Waals surface area contributed by atoms with Gasteiger partial charge in [-0.05, 0) is 49.2 Å². The van der Waals surface area contributed by atoms with Gasteiger partial charge in [0.1, 0.15) is 23.0 Å². The third-order valence-corrected chi connectivity index (χ3v) is 7.81. The van der Waals surface area contributed by atoms with Crippen molar-refractivity contribution in [2.45, 2.75) is 32.1 Å². The van der Waals surface area contributed by atoms with Crippen molar-refractivity contribution in [1.82, 2.24) is 8.87 Å². The number of benzene rings is 1. The molecule has 9 heteroatoms. The van der Waals surface area contributed by atoms with E-state index in [1.54, 1.807) is 66.9 Å². The number of aromatic nitrogens is 1. The van der Waals surface area contributed by atoms with E-state index < -0.39 is 10.0 Å². The van der Waals surface area contributed by atoms with Crippen LogP contribution < -0.4 is 4.90 Å². The first kappa shape index (κ1) is 21.9. The Hall–Kier alpha value is -3.35. The summed E-state index contributed by atoms with van der Waals surface area (Å²) < 4.78 is 34.6. The maximum absolute atomic E-state index is 13.5. The Labute approximate surface area is 187 Å². The van der Waals surface area contributed by atoms with Gasteiger partial charge in [-0.3, -0.25) is 9.36 Å². The second-order valence-electron chi connectivity index (χ2n) is 7.50. The van der Waals surface area contributed by atoms with E-state index in [9.17, 15) is 18.5 Å². The van der Waals surface area contributed by atoms with Gasteiger partial charge in [0.25, 0.3) is 5.91 Å². The lowest BCUT2D eigenvalue weighted by atomic mass is 10.1. The first-order valence-corrected chi connectivity index (χ1v) is 11.9. The maximum Gasteiger partial charge on any atom is 0.263 e. The second kappa shape index (κ2) is 8.30. The number of carbonyl (C=O) groups is 1. The van der Waals surface area contributed by atoms with E-state index in [2.05, 4.69) is 6.07 Å². The highest BCUT2D eigenvalue weighted by atomic mass is 32.2. The third-order valence-electron chi connectivity index (χ3n) is 5.77. The lowest BCUT2D eigenvalue weighted by Gasteiger charge is -2.20. The van der Waals surface area contributed by atoms with Crippen LogP contribution in [-0.4, -0.2) is 42.8 Å². The molecule has 1 aliphatic rings. The van der Waals surface area contributed by atoms with Gasteiger partial charge < -0.3 is 9.32 Å². The summed E-state index contributed by atoms with van der Waals surface area (Å²) in [5, 5.41) is 9.76. The molecule has 1 aromatic carbocycles. The molecule has 0 bridgehead atoms. The maximum atomic E-state index is 13.5. The molecule has 2 aromatic heterocycles. The van der Waals surface area contributed by atoms with Crippen molar-refractivity contribution >= 4 is 21.6 Å². The molecule has 8 nitrogen and oxygen atoms in total. The minimum absolute atomic E-state index is 0.179. The predicted octanol–water partition coefficient (Wildman–Crippen LogP) is 3.48. The number of hydrogen-bond donors (Lipinski definition) is 0. The number of furan rings is 1. The first-order chi connectivity index (χ1) is 15.3. The zero-order valence-electron chi connectivity index (χ0n) is 18.2. The van der Waals surface area contributed by atoms with Gasteiger partial charge in [0.05, 0.1) is 4.90 Å². The van der Waals surface area contributed by atoms with Gasteiger partial charge in [0.2, 0.25) is 15.9 Å². The molecule has 1 amide bonds.